The minimum absolute atomic E-state index is 0.870. The molecule has 0 unspecified atom stereocenters. The molecule has 15 aromatic carbocycles. The van der Waals surface area contributed by atoms with E-state index in [-0.39, 0.29) is 0 Å². The Bertz CT molecular complexity index is 5980. The number of hydrogen-bond acceptors (Lipinski definition) is 4. The molecule has 5 nitrogen and oxygen atoms in total. The monoisotopic (exact) mass is 1210 g/mol. The standard InChI is InChI=1S/C46H29N3.C44H28N2/c1-2-13-35(14-3-1)49-43-20-9-8-17-38(43)41-28-33(25-26-44(41)49)31-23-21-30(22-24-31)32-11-10-12-34(27-32)42-29-47-45-39-18-6-4-15-36(39)37-16-5-7-19-40(37)46(45)48-42;1-3-13-31(14-4-1)39-27-41(35-21-19-29-11-7-9-17-33(29)25-35)45-43-37(39)23-24-38-40(32-15-5-2-6-16-32)28-42(46-44(38)43)36-22-20-30-12-8-10-18-34(30)26-36/h1-29H;1-28H. The Morgan fingerprint density at radius 1 is 0.200 bits per heavy atom. The Morgan fingerprint density at radius 3 is 1.18 bits per heavy atom. The van der Waals surface area contributed by atoms with Gasteiger partial charge in [-0.1, -0.05) is 279 Å². The molecule has 0 saturated heterocycles. The highest BCUT2D eigenvalue weighted by atomic mass is 15.0. The number of rotatable bonds is 8. The van der Waals surface area contributed by atoms with E-state index in [1.165, 1.54) is 70.9 Å². The summed E-state index contributed by atoms with van der Waals surface area (Å²) in [6.07, 6.45) is 1.91. The molecule has 4 heterocycles. The normalized spacial score (nSPS) is 11.6. The zero-order chi connectivity index (χ0) is 62.8. The first kappa shape index (κ1) is 55.2. The average molecular weight is 1210 g/mol. The van der Waals surface area contributed by atoms with E-state index in [0.717, 1.165) is 111 Å². The summed E-state index contributed by atoms with van der Waals surface area (Å²) in [6, 6.07) is 121. The second-order valence-corrected chi connectivity index (χ2v) is 24.4. The summed E-state index contributed by atoms with van der Waals surface area (Å²) in [5, 5.41) is 14.2. The van der Waals surface area contributed by atoms with Gasteiger partial charge in [0.05, 0.1) is 56.4 Å². The third-order valence-electron chi connectivity index (χ3n) is 18.8. The molecule has 0 aliphatic heterocycles. The van der Waals surface area contributed by atoms with Gasteiger partial charge in [0, 0.05) is 54.7 Å². The van der Waals surface area contributed by atoms with Crippen LogP contribution in [0.15, 0.2) is 346 Å². The summed E-state index contributed by atoms with van der Waals surface area (Å²) < 4.78 is 2.36. The number of fused-ring (bicyclic) bond motifs is 14. The first-order chi connectivity index (χ1) is 47.1. The maximum atomic E-state index is 5.42. The summed E-state index contributed by atoms with van der Waals surface area (Å²) in [6.45, 7) is 0. The van der Waals surface area contributed by atoms with Crippen molar-refractivity contribution >= 4 is 97.7 Å². The van der Waals surface area contributed by atoms with Crippen LogP contribution in [0.2, 0.25) is 0 Å². The summed E-state index contributed by atoms with van der Waals surface area (Å²) in [5.41, 5.74) is 22.6. The Labute approximate surface area is 548 Å². The van der Waals surface area contributed by atoms with Crippen molar-refractivity contribution in [1.29, 1.82) is 0 Å². The molecule has 0 radical (unpaired) electrons. The van der Waals surface area contributed by atoms with Gasteiger partial charge in [0.1, 0.15) is 0 Å². The van der Waals surface area contributed by atoms with E-state index in [2.05, 4.69) is 344 Å². The van der Waals surface area contributed by atoms with Crippen LogP contribution < -0.4 is 0 Å². The Balaban J connectivity index is 0.000000139. The molecule has 0 amide bonds. The molecule has 0 aliphatic rings. The Morgan fingerprint density at radius 2 is 0.600 bits per heavy atom. The molecule has 5 heteroatoms. The van der Waals surface area contributed by atoms with Crippen LogP contribution in [-0.2, 0) is 0 Å². The fraction of sp³-hybridized carbons (Fsp3) is 0. The van der Waals surface area contributed by atoms with Gasteiger partial charge in [-0.05, 0) is 137 Å². The molecule has 0 aliphatic carbocycles. The first-order valence-electron chi connectivity index (χ1n) is 32.3. The van der Waals surface area contributed by atoms with Crippen molar-refractivity contribution in [2.24, 2.45) is 0 Å². The molecule has 95 heavy (non-hydrogen) atoms. The molecule has 4 aromatic heterocycles. The van der Waals surface area contributed by atoms with Crippen molar-refractivity contribution < 1.29 is 0 Å². The van der Waals surface area contributed by atoms with Gasteiger partial charge in [-0.3, -0.25) is 4.98 Å². The summed E-state index contributed by atoms with van der Waals surface area (Å²) in [7, 11) is 0. The van der Waals surface area contributed by atoms with Crippen LogP contribution in [-0.4, -0.2) is 24.5 Å². The lowest BCUT2D eigenvalue weighted by Crippen LogP contribution is -1.95. The highest BCUT2D eigenvalue weighted by Crippen LogP contribution is 2.42. The second kappa shape index (κ2) is 23.2. The van der Waals surface area contributed by atoms with Crippen molar-refractivity contribution in [3.05, 3.63) is 346 Å². The van der Waals surface area contributed by atoms with Gasteiger partial charge >= 0.3 is 0 Å². The van der Waals surface area contributed by atoms with Gasteiger partial charge in [-0.15, -0.1) is 0 Å². The van der Waals surface area contributed by atoms with Gasteiger partial charge < -0.3 is 4.57 Å². The van der Waals surface area contributed by atoms with E-state index < -0.39 is 0 Å². The minimum atomic E-state index is 0.870. The Hall–Kier alpha value is -12.7. The van der Waals surface area contributed by atoms with Gasteiger partial charge in [-0.2, -0.15) is 0 Å². The lowest BCUT2D eigenvalue weighted by molar-refractivity contribution is 1.18. The number of aromatic nitrogens is 5. The third kappa shape index (κ3) is 9.90. The van der Waals surface area contributed by atoms with Crippen LogP contribution >= 0.6 is 0 Å². The number of pyridine rings is 2. The van der Waals surface area contributed by atoms with Gasteiger partial charge in [0.2, 0.25) is 0 Å². The third-order valence-corrected chi connectivity index (χ3v) is 18.8. The largest absolute Gasteiger partial charge is 0.309 e. The molecule has 0 atom stereocenters. The number of hydrogen-bond donors (Lipinski definition) is 0. The van der Waals surface area contributed by atoms with E-state index in [1.807, 2.05) is 6.20 Å². The van der Waals surface area contributed by atoms with Gasteiger partial charge in [-0.25, -0.2) is 15.0 Å². The topological polar surface area (TPSA) is 56.5 Å². The van der Waals surface area contributed by atoms with Crippen molar-refractivity contribution in [2.45, 2.75) is 0 Å². The quantitative estimate of drug-likeness (QED) is 0.142. The number of nitrogens with zero attached hydrogens (tertiary/aromatic N) is 5. The highest BCUT2D eigenvalue weighted by Gasteiger charge is 2.20. The molecule has 442 valence electrons. The second-order valence-electron chi connectivity index (χ2n) is 24.4. The smallest absolute Gasteiger partial charge is 0.0979 e. The maximum absolute atomic E-state index is 5.42. The molecule has 0 fully saturated rings. The maximum Gasteiger partial charge on any atom is 0.0979 e. The molecule has 19 aromatic rings. The fourth-order valence-corrected chi connectivity index (χ4v) is 14.2. The van der Waals surface area contributed by atoms with Crippen LogP contribution in [0.1, 0.15) is 0 Å². The number of para-hydroxylation sites is 2. The van der Waals surface area contributed by atoms with Crippen molar-refractivity contribution in [1.82, 2.24) is 24.5 Å². The lowest BCUT2D eigenvalue weighted by Gasteiger charge is -2.16. The summed E-state index contributed by atoms with van der Waals surface area (Å²) in [4.78, 5) is 21.0. The van der Waals surface area contributed by atoms with Crippen LogP contribution in [0.5, 0.6) is 0 Å². The van der Waals surface area contributed by atoms with Crippen molar-refractivity contribution in [3.8, 4) is 84.0 Å². The predicted molar refractivity (Wildman–Crippen MR) is 399 cm³/mol. The van der Waals surface area contributed by atoms with Crippen LogP contribution in [0, 0.1) is 0 Å². The van der Waals surface area contributed by atoms with Crippen LogP contribution in [0.4, 0.5) is 0 Å². The average Bonchev–Trinajstić information content (AvgIpc) is 1.51. The molecule has 0 saturated carbocycles. The fourth-order valence-electron chi connectivity index (χ4n) is 14.2. The molecule has 19 rings (SSSR count). The Kier molecular flexibility index (Phi) is 13.5. The number of benzene rings is 15. The SMILES string of the molecule is c1ccc(-c2cc(-c3ccc4ccccc4c3)nc3c2ccc2c(-c4ccccc4)cc(-c4ccc5ccccc5c4)nc23)cc1.c1ccc(-n2c3ccccc3c3cc(-c4ccc(-c5cccc(-c6cnc7c8ccccc8c8ccccc8c7n6)c5)cc4)ccc32)cc1. The predicted octanol–water partition coefficient (Wildman–Crippen LogP) is 23.8. The molecule has 0 spiro atoms. The summed E-state index contributed by atoms with van der Waals surface area (Å²) >= 11 is 0. The summed E-state index contributed by atoms with van der Waals surface area (Å²) in [5.74, 6) is 0. The van der Waals surface area contributed by atoms with Crippen molar-refractivity contribution in [3.63, 3.8) is 0 Å². The minimum Gasteiger partial charge on any atom is -0.309 e. The van der Waals surface area contributed by atoms with Crippen LogP contribution in [0.25, 0.3) is 182 Å². The van der Waals surface area contributed by atoms with Gasteiger partial charge in [0.15, 0.2) is 0 Å². The molecular formula is C90H57N5. The van der Waals surface area contributed by atoms with Gasteiger partial charge in [0.25, 0.3) is 0 Å². The molecular weight excluding hydrogens is 1150 g/mol. The molecule has 0 N–H and O–H groups in total. The van der Waals surface area contributed by atoms with E-state index in [9.17, 15) is 0 Å². The van der Waals surface area contributed by atoms with E-state index in [4.69, 9.17) is 19.9 Å². The van der Waals surface area contributed by atoms with Crippen molar-refractivity contribution in [2.75, 3.05) is 0 Å². The molecule has 0 bridgehead atoms. The van der Waals surface area contributed by atoms with Crippen LogP contribution in [0.3, 0.4) is 0 Å². The van der Waals surface area contributed by atoms with E-state index >= 15 is 0 Å². The lowest BCUT2D eigenvalue weighted by atomic mass is 9.93. The zero-order valence-corrected chi connectivity index (χ0v) is 51.6. The highest BCUT2D eigenvalue weighted by molar-refractivity contribution is 6.23. The first-order valence-corrected chi connectivity index (χ1v) is 32.3. The van der Waals surface area contributed by atoms with E-state index in [0.29, 0.717) is 0 Å². The van der Waals surface area contributed by atoms with E-state index in [1.54, 1.807) is 0 Å². The zero-order valence-electron chi connectivity index (χ0n) is 51.6.